The molecular weight excluding hydrogens is 364 g/mol. The molecule has 8 heteroatoms. The number of nitrogens with one attached hydrogen (secondary N) is 1. The van der Waals surface area contributed by atoms with Gasteiger partial charge in [-0.1, -0.05) is 12.1 Å². The van der Waals surface area contributed by atoms with E-state index in [0.29, 0.717) is 35.0 Å². The highest BCUT2D eigenvalue weighted by Crippen LogP contribution is 2.33. The van der Waals surface area contributed by atoms with Gasteiger partial charge < -0.3 is 24.3 Å². The van der Waals surface area contributed by atoms with Crippen molar-refractivity contribution in [1.29, 1.82) is 0 Å². The smallest absolute Gasteiger partial charge is 0.414 e. The Balaban J connectivity index is 1.64. The lowest BCUT2D eigenvalue weighted by Crippen LogP contribution is -2.34. The van der Waals surface area contributed by atoms with Crippen LogP contribution in [-0.2, 0) is 4.74 Å². The Kier molecular flexibility index (Phi) is 5.88. The van der Waals surface area contributed by atoms with Crippen LogP contribution in [0.1, 0.15) is 10.4 Å². The number of hydrogen-bond acceptors (Lipinski definition) is 6. The third kappa shape index (κ3) is 3.95. The van der Waals surface area contributed by atoms with E-state index in [1.165, 1.54) is 19.1 Å². The minimum Gasteiger partial charge on any atom is -0.496 e. The molecule has 0 spiro atoms. The van der Waals surface area contributed by atoms with Crippen LogP contribution in [0.2, 0.25) is 0 Å². The number of carbonyl (C=O) groups is 2. The van der Waals surface area contributed by atoms with Gasteiger partial charge in [0.05, 0.1) is 45.7 Å². The molecule has 0 radical (unpaired) electrons. The summed E-state index contributed by atoms with van der Waals surface area (Å²) in [6, 6.07) is 12.1. The lowest BCUT2D eigenvalue weighted by Gasteiger charge is -2.16. The number of carbonyl (C=O) groups excluding carboxylic acids is 2. The molecule has 1 saturated heterocycles. The Morgan fingerprint density at radius 3 is 2.50 bits per heavy atom. The maximum atomic E-state index is 12.4. The number of cyclic esters (lactones) is 1. The van der Waals surface area contributed by atoms with Gasteiger partial charge in [-0.15, -0.1) is 0 Å². The van der Waals surface area contributed by atoms with E-state index in [9.17, 15) is 9.59 Å². The van der Waals surface area contributed by atoms with E-state index < -0.39 is 12.2 Å². The largest absolute Gasteiger partial charge is 0.496 e. The van der Waals surface area contributed by atoms with Crippen molar-refractivity contribution >= 4 is 17.7 Å². The van der Waals surface area contributed by atoms with E-state index in [1.54, 1.807) is 49.6 Å². The van der Waals surface area contributed by atoms with Crippen LogP contribution in [-0.4, -0.2) is 52.5 Å². The summed E-state index contributed by atoms with van der Waals surface area (Å²) in [5.41, 5.74) is 1.05. The van der Waals surface area contributed by atoms with E-state index in [4.69, 9.17) is 18.9 Å². The minimum absolute atomic E-state index is 0.187. The van der Waals surface area contributed by atoms with Crippen LogP contribution in [0.3, 0.4) is 0 Å². The molecule has 3 rings (SSSR count). The number of amides is 2. The number of nitrogens with zero attached hydrogens (tertiary/aromatic N) is 1. The first-order valence-electron chi connectivity index (χ1n) is 8.68. The number of ether oxygens (including phenoxy) is 4. The van der Waals surface area contributed by atoms with Crippen LogP contribution in [0.4, 0.5) is 10.5 Å². The van der Waals surface area contributed by atoms with Crippen molar-refractivity contribution in [2.45, 2.75) is 6.10 Å². The van der Waals surface area contributed by atoms with Crippen molar-refractivity contribution in [2.24, 2.45) is 0 Å². The summed E-state index contributed by atoms with van der Waals surface area (Å²) in [5.74, 6) is 1.27. The molecule has 1 aliphatic heterocycles. The summed E-state index contributed by atoms with van der Waals surface area (Å²) in [6.07, 6.45) is -0.956. The Morgan fingerprint density at radius 2 is 1.79 bits per heavy atom. The van der Waals surface area contributed by atoms with E-state index in [-0.39, 0.29) is 12.5 Å². The molecule has 1 aliphatic rings. The lowest BCUT2D eigenvalue weighted by molar-refractivity contribution is 0.0913. The summed E-state index contributed by atoms with van der Waals surface area (Å²) >= 11 is 0. The topological polar surface area (TPSA) is 86.3 Å². The molecule has 1 unspecified atom stereocenters. The lowest BCUT2D eigenvalue weighted by atomic mass is 10.2. The van der Waals surface area contributed by atoms with E-state index in [0.717, 1.165) is 0 Å². The van der Waals surface area contributed by atoms with Crippen molar-refractivity contribution in [2.75, 3.05) is 39.3 Å². The standard InChI is InChI=1S/C20H22N2O6/c1-25-16-7-5-4-6-15(16)19(23)21-11-14-12-22(20(24)28-14)13-8-9-17(26-2)18(10-13)27-3/h4-10,14H,11-12H2,1-3H3,(H,21,23). The highest BCUT2D eigenvalue weighted by molar-refractivity contribution is 5.97. The van der Waals surface area contributed by atoms with Crippen LogP contribution in [0.25, 0.3) is 0 Å². The zero-order valence-corrected chi connectivity index (χ0v) is 15.9. The van der Waals surface area contributed by atoms with Gasteiger partial charge in [-0.3, -0.25) is 9.69 Å². The highest BCUT2D eigenvalue weighted by Gasteiger charge is 2.33. The molecule has 2 aromatic carbocycles. The maximum absolute atomic E-state index is 12.4. The molecule has 0 saturated carbocycles. The van der Waals surface area contributed by atoms with Gasteiger partial charge in [0.25, 0.3) is 5.91 Å². The summed E-state index contributed by atoms with van der Waals surface area (Å²) < 4.78 is 21.1. The number of benzene rings is 2. The predicted molar refractivity (Wildman–Crippen MR) is 102 cm³/mol. The third-order valence-corrected chi connectivity index (χ3v) is 4.39. The van der Waals surface area contributed by atoms with Crippen molar-refractivity contribution in [1.82, 2.24) is 5.32 Å². The van der Waals surface area contributed by atoms with Crippen LogP contribution in [0.5, 0.6) is 17.2 Å². The number of para-hydroxylation sites is 1. The summed E-state index contributed by atoms with van der Waals surface area (Å²) in [6.45, 7) is 0.493. The van der Waals surface area contributed by atoms with Gasteiger partial charge in [0, 0.05) is 6.07 Å². The second kappa shape index (κ2) is 8.51. The number of anilines is 1. The van der Waals surface area contributed by atoms with Gasteiger partial charge in [-0.25, -0.2) is 4.79 Å². The maximum Gasteiger partial charge on any atom is 0.414 e. The third-order valence-electron chi connectivity index (χ3n) is 4.39. The molecule has 148 valence electrons. The zero-order valence-electron chi connectivity index (χ0n) is 15.9. The number of rotatable bonds is 7. The van der Waals surface area contributed by atoms with E-state index >= 15 is 0 Å². The van der Waals surface area contributed by atoms with E-state index in [1.807, 2.05) is 0 Å². The molecule has 0 aliphatic carbocycles. The van der Waals surface area contributed by atoms with Crippen LogP contribution >= 0.6 is 0 Å². The molecule has 2 amide bonds. The molecular formula is C20H22N2O6. The number of methoxy groups -OCH3 is 3. The van der Waals surface area contributed by atoms with Crippen molar-refractivity contribution in [3.8, 4) is 17.2 Å². The minimum atomic E-state index is -0.483. The second-order valence-corrected chi connectivity index (χ2v) is 6.07. The quantitative estimate of drug-likeness (QED) is 0.787. The average Bonchev–Trinajstić information content (AvgIpc) is 3.11. The molecule has 1 heterocycles. The first-order chi connectivity index (χ1) is 13.6. The van der Waals surface area contributed by atoms with Gasteiger partial charge in [0.1, 0.15) is 11.9 Å². The fourth-order valence-corrected chi connectivity index (χ4v) is 2.97. The Bertz CT molecular complexity index is 870. The second-order valence-electron chi connectivity index (χ2n) is 6.07. The summed E-state index contributed by atoms with van der Waals surface area (Å²) in [7, 11) is 4.58. The molecule has 0 bridgehead atoms. The summed E-state index contributed by atoms with van der Waals surface area (Å²) in [5, 5.41) is 2.78. The van der Waals surface area contributed by atoms with Crippen LogP contribution < -0.4 is 24.4 Å². The van der Waals surface area contributed by atoms with Gasteiger partial charge in [0.15, 0.2) is 11.5 Å². The van der Waals surface area contributed by atoms with E-state index in [2.05, 4.69) is 5.32 Å². The Hall–Kier alpha value is -3.42. The zero-order chi connectivity index (χ0) is 20.1. The summed E-state index contributed by atoms with van der Waals surface area (Å²) in [4.78, 5) is 26.1. The van der Waals surface area contributed by atoms with Gasteiger partial charge in [0.2, 0.25) is 0 Å². The Labute approximate surface area is 162 Å². The molecule has 1 N–H and O–H groups in total. The first kappa shape index (κ1) is 19.3. The van der Waals surface area contributed by atoms with Gasteiger partial charge >= 0.3 is 6.09 Å². The monoisotopic (exact) mass is 386 g/mol. The highest BCUT2D eigenvalue weighted by atomic mass is 16.6. The molecule has 0 aromatic heterocycles. The van der Waals surface area contributed by atoms with Crippen molar-refractivity contribution in [3.63, 3.8) is 0 Å². The molecule has 2 aromatic rings. The Morgan fingerprint density at radius 1 is 1.07 bits per heavy atom. The van der Waals surface area contributed by atoms with Crippen molar-refractivity contribution in [3.05, 3.63) is 48.0 Å². The van der Waals surface area contributed by atoms with Crippen LogP contribution in [0.15, 0.2) is 42.5 Å². The fourth-order valence-electron chi connectivity index (χ4n) is 2.97. The molecule has 8 nitrogen and oxygen atoms in total. The predicted octanol–water partition coefficient (Wildman–Crippen LogP) is 2.47. The number of hydrogen-bond donors (Lipinski definition) is 1. The molecule has 28 heavy (non-hydrogen) atoms. The normalized spacial score (nSPS) is 15.8. The van der Waals surface area contributed by atoms with Crippen LogP contribution in [0, 0.1) is 0 Å². The van der Waals surface area contributed by atoms with Gasteiger partial charge in [-0.05, 0) is 24.3 Å². The molecule has 1 fully saturated rings. The van der Waals surface area contributed by atoms with Gasteiger partial charge in [-0.2, -0.15) is 0 Å². The molecule has 1 atom stereocenters. The SMILES string of the molecule is COc1ccc(N2CC(CNC(=O)c3ccccc3OC)OC2=O)cc1OC. The average molecular weight is 386 g/mol. The van der Waals surface area contributed by atoms with Crippen molar-refractivity contribution < 1.29 is 28.5 Å². The first-order valence-corrected chi connectivity index (χ1v) is 8.68. The fraction of sp³-hybridized carbons (Fsp3) is 0.300.